The van der Waals surface area contributed by atoms with Crippen LogP contribution >= 0.6 is 27.3 Å². The molecule has 0 unspecified atom stereocenters. The van der Waals surface area contributed by atoms with Crippen molar-refractivity contribution in [2.75, 3.05) is 18.5 Å². The molecule has 1 aromatic heterocycles. The van der Waals surface area contributed by atoms with E-state index in [2.05, 4.69) is 26.2 Å². The molecule has 1 N–H and O–H groups in total. The largest absolute Gasteiger partial charge is 0.381 e. The maximum Gasteiger partial charge on any atom is 0.229 e. The molecule has 82 valence electrons. The zero-order valence-corrected chi connectivity index (χ0v) is 10.4. The molecule has 1 amide bonds. The second-order valence-corrected chi connectivity index (χ2v) is 5.76. The van der Waals surface area contributed by atoms with Gasteiger partial charge in [0.15, 0.2) is 5.13 Å². The lowest BCUT2D eigenvalue weighted by Gasteiger charge is -2.20. The number of nitrogens with zero attached hydrogens (tertiary/aromatic N) is 1. The van der Waals surface area contributed by atoms with Crippen LogP contribution in [0.1, 0.15) is 12.8 Å². The Hall–Kier alpha value is -0.460. The first-order chi connectivity index (χ1) is 7.25. The van der Waals surface area contributed by atoms with Crippen LogP contribution in [0.15, 0.2) is 9.98 Å². The van der Waals surface area contributed by atoms with E-state index in [-0.39, 0.29) is 11.8 Å². The zero-order valence-electron chi connectivity index (χ0n) is 8.03. The first-order valence-electron chi connectivity index (χ1n) is 4.75. The Morgan fingerprint density at radius 3 is 2.93 bits per heavy atom. The Balaban J connectivity index is 1.91. The highest BCUT2D eigenvalue weighted by Crippen LogP contribution is 2.24. The maximum absolute atomic E-state index is 11.8. The van der Waals surface area contributed by atoms with Gasteiger partial charge in [-0.15, -0.1) is 0 Å². The van der Waals surface area contributed by atoms with E-state index in [1.165, 1.54) is 11.3 Å². The molecule has 0 radical (unpaired) electrons. The summed E-state index contributed by atoms with van der Waals surface area (Å²) < 4.78 is 6.12. The first kappa shape index (κ1) is 11.0. The monoisotopic (exact) mass is 290 g/mol. The average Bonchev–Trinajstić information content (AvgIpc) is 2.65. The Bertz CT molecular complexity index is 350. The topological polar surface area (TPSA) is 51.2 Å². The van der Waals surface area contributed by atoms with Gasteiger partial charge in [-0.2, -0.15) is 0 Å². The highest BCUT2D eigenvalue weighted by molar-refractivity contribution is 9.11. The number of thiazole rings is 1. The summed E-state index contributed by atoms with van der Waals surface area (Å²) >= 11 is 4.73. The minimum atomic E-state index is 0.0557. The van der Waals surface area contributed by atoms with Crippen LogP contribution in [0.25, 0.3) is 0 Å². The highest BCUT2D eigenvalue weighted by Gasteiger charge is 2.22. The van der Waals surface area contributed by atoms with Crippen LogP contribution in [0, 0.1) is 5.92 Å². The lowest BCUT2D eigenvalue weighted by Crippen LogP contribution is -2.28. The zero-order chi connectivity index (χ0) is 10.7. The van der Waals surface area contributed by atoms with Crippen molar-refractivity contribution in [3.8, 4) is 0 Å². The first-order valence-corrected chi connectivity index (χ1v) is 6.36. The third kappa shape index (κ3) is 2.99. The molecule has 0 aliphatic carbocycles. The van der Waals surface area contributed by atoms with Gasteiger partial charge in [-0.1, -0.05) is 11.3 Å². The summed E-state index contributed by atoms with van der Waals surface area (Å²) in [5.41, 5.74) is 0. The summed E-state index contributed by atoms with van der Waals surface area (Å²) in [6.45, 7) is 1.36. The smallest absolute Gasteiger partial charge is 0.229 e. The summed E-state index contributed by atoms with van der Waals surface area (Å²) in [7, 11) is 0. The van der Waals surface area contributed by atoms with E-state index in [1.807, 2.05) is 0 Å². The molecular weight excluding hydrogens is 280 g/mol. The fourth-order valence-electron chi connectivity index (χ4n) is 1.48. The minimum Gasteiger partial charge on any atom is -0.381 e. The number of hydrogen-bond acceptors (Lipinski definition) is 4. The van der Waals surface area contributed by atoms with Crippen LogP contribution in [0.5, 0.6) is 0 Å². The van der Waals surface area contributed by atoms with Crippen molar-refractivity contribution in [1.82, 2.24) is 4.98 Å². The minimum absolute atomic E-state index is 0.0557. The van der Waals surface area contributed by atoms with Gasteiger partial charge in [0.1, 0.15) is 0 Å². The number of hydrogen-bond donors (Lipinski definition) is 1. The molecule has 1 aliphatic heterocycles. The molecule has 2 rings (SSSR count). The van der Waals surface area contributed by atoms with Crippen LogP contribution in [-0.4, -0.2) is 24.1 Å². The molecule has 1 saturated heterocycles. The molecule has 1 aliphatic rings. The number of carbonyl (C=O) groups excluding carboxylic acids is 1. The van der Waals surface area contributed by atoms with Gasteiger partial charge < -0.3 is 10.1 Å². The fraction of sp³-hybridized carbons (Fsp3) is 0.556. The van der Waals surface area contributed by atoms with Gasteiger partial charge in [0.2, 0.25) is 5.91 Å². The molecule has 0 aromatic carbocycles. The maximum atomic E-state index is 11.8. The quantitative estimate of drug-likeness (QED) is 0.909. The molecule has 0 atom stereocenters. The predicted molar refractivity (Wildman–Crippen MR) is 62.0 cm³/mol. The molecular formula is C9H11BrN2O2S. The van der Waals surface area contributed by atoms with E-state index < -0.39 is 0 Å². The molecule has 0 spiro atoms. The van der Waals surface area contributed by atoms with E-state index in [4.69, 9.17) is 4.74 Å². The van der Waals surface area contributed by atoms with Gasteiger partial charge in [-0.3, -0.25) is 4.79 Å². The molecule has 2 heterocycles. The predicted octanol–water partition coefficient (Wildman–Crippen LogP) is 2.27. The third-order valence-electron chi connectivity index (χ3n) is 2.30. The van der Waals surface area contributed by atoms with Crippen molar-refractivity contribution in [1.29, 1.82) is 0 Å². The summed E-state index contributed by atoms with van der Waals surface area (Å²) in [4.78, 5) is 15.8. The molecule has 15 heavy (non-hydrogen) atoms. The van der Waals surface area contributed by atoms with Crippen molar-refractivity contribution >= 4 is 38.3 Å². The summed E-state index contributed by atoms with van der Waals surface area (Å²) in [5.74, 6) is 0.126. The summed E-state index contributed by atoms with van der Waals surface area (Å²) in [6, 6.07) is 0. The number of amides is 1. The van der Waals surface area contributed by atoms with Crippen LogP contribution in [0.2, 0.25) is 0 Å². The van der Waals surface area contributed by atoms with Gasteiger partial charge >= 0.3 is 0 Å². The molecule has 0 bridgehead atoms. The van der Waals surface area contributed by atoms with Gasteiger partial charge in [0, 0.05) is 19.1 Å². The Morgan fingerprint density at radius 2 is 2.33 bits per heavy atom. The SMILES string of the molecule is O=C(Nc1ncc(Br)s1)C1CCOCC1. The van der Waals surface area contributed by atoms with Gasteiger partial charge in [-0.05, 0) is 28.8 Å². The van der Waals surface area contributed by atoms with Gasteiger partial charge in [-0.25, -0.2) is 4.98 Å². The Labute approximate surface area is 100 Å². The Kier molecular flexibility index (Phi) is 3.71. The summed E-state index contributed by atoms with van der Waals surface area (Å²) in [5, 5.41) is 3.47. The number of nitrogens with one attached hydrogen (secondary N) is 1. The van der Waals surface area contributed by atoms with E-state index in [1.54, 1.807) is 6.20 Å². The van der Waals surface area contributed by atoms with Crippen LogP contribution in [0.3, 0.4) is 0 Å². The lowest BCUT2D eigenvalue weighted by molar-refractivity contribution is -0.122. The van der Waals surface area contributed by atoms with Gasteiger partial charge in [0.05, 0.1) is 9.98 Å². The standard InChI is InChI=1S/C9H11BrN2O2S/c10-7-5-11-9(15-7)12-8(13)6-1-3-14-4-2-6/h5-6H,1-4H2,(H,11,12,13). The highest BCUT2D eigenvalue weighted by atomic mass is 79.9. The molecule has 1 fully saturated rings. The van der Waals surface area contributed by atoms with E-state index in [9.17, 15) is 4.79 Å². The molecule has 0 saturated carbocycles. The second-order valence-electron chi connectivity index (χ2n) is 3.35. The van der Waals surface area contributed by atoms with Crippen molar-refractivity contribution in [3.63, 3.8) is 0 Å². The lowest BCUT2D eigenvalue weighted by atomic mass is 10.00. The molecule has 4 nitrogen and oxygen atoms in total. The average molecular weight is 291 g/mol. The normalized spacial score (nSPS) is 17.7. The summed E-state index contributed by atoms with van der Waals surface area (Å²) in [6.07, 6.45) is 3.29. The number of halogens is 1. The Morgan fingerprint density at radius 1 is 1.60 bits per heavy atom. The van der Waals surface area contributed by atoms with Crippen molar-refractivity contribution in [2.45, 2.75) is 12.8 Å². The van der Waals surface area contributed by atoms with Crippen LogP contribution in [0.4, 0.5) is 5.13 Å². The van der Waals surface area contributed by atoms with Crippen molar-refractivity contribution in [2.24, 2.45) is 5.92 Å². The van der Waals surface area contributed by atoms with Crippen molar-refractivity contribution in [3.05, 3.63) is 9.98 Å². The fourth-order valence-corrected chi connectivity index (χ4v) is 2.59. The number of carbonyl (C=O) groups is 1. The van der Waals surface area contributed by atoms with E-state index in [0.29, 0.717) is 18.3 Å². The number of anilines is 1. The number of aromatic nitrogens is 1. The third-order valence-corrected chi connectivity index (χ3v) is 3.69. The van der Waals surface area contributed by atoms with Gasteiger partial charge in [0.25, 0.3) is 0 Å². The van der Waals surface area contributed by atoms with Crippen LogP contribution < -0.4 is 5.32 Å². The molecule has 6 heteroatoms. The van der Waals surface area contributed by atoms with Crippen molar-refractivity contribution < 1.29 is 9.53 Å². The number of rotatable bonds is 2. The van der Waals surface area contributed by atoms with Crippen LogP contribution in [-0.2, 0) is 9.53 Å². The van der Waals surface area contributed by atoms with E-state index in [0.717, 1.165) is 16.6 Å². The van der Waals surface area contributed by atoms with E-state index >= 15 is 0 Å². The second kappa shape index (κ2) is 5.05. The molecule has 1 aromatic rings. The number of ether oxygens (including phenoxy) is 1.